The summed E-state index contributed by atoms with van der Waals surface area (Å²) in [7, 11) is 0. The fourth-order valence-electron chi connectivity index (χ4n) is 2.88. The molecule has 0 aliphatic heterocycles. The minimum Gasteiger partial charge on any atom is -0.457 e. The van der Waals surface area contributed by atoms with Crippen molar-refractivity contribution in [3.63, 3.8) is 0 Å². The van der Waals surface area contributed by atoms with E-state index in [-0.39, 0.29) is 5.91 Å². The van der Waals surface area contributed by atoms with Gasteiger partial charge in [-0.3, -0.25) is 4.79 Å². The number of benzene rings is 3. The van der Waals surface area contributed by atoms with Gasteiger partial charge < -0.3 is 9.30 Å². The maximum absolute atomic E-state index is 12.7. The number of amides is 1. The number of para-hydroxylation sites is 2. The highest BCUT2D eigenvalue weighted by Gasteiger charge is 2.09. The van der Waals surface area contributed by atoms with Crippen molar-refractivity contribution in [1.29, 1.82) is 0 Å². The van der Waals surface area contributed by atoms with Crippen molar-refractivity contribution in [3.05, 3.63) is 89.2 Å². The van der Waals surface area contributed by atoms with E-state index in [0.717, 1.165) is 22.5 Å². The second-order valence-electron chi connectivity index (χ2n) is 5.96. The second kappa shape index (κ2) is 7.60. The van der Waals surface area contributed by atoms with Crippen LogP contribution >= 0.6 is 11.3 Å². The van der Waals surface area contributed by atoms with Crippen LogP contribution in [-0.4, -0.2) is 10.5 Å². The van der Waals surface area contributed by atoms with Gasteiger partial charge in [0.15, 0.2) is 4.80 Å². The number of nitrogens with zero attached hydrogens (tertiary/aromatic N) is 2. The first kappa shape index (κ1) is 17.2. The molecule has 4 rings (SSSR count). The van der Waals surface area contributed by atoms with Crippen LogP contribution < -0.4 is 9.54 Å². The molecule has 27 heavy (non-hydrogen) atoms. The summed E-state index contributed by atoms with van der Waals surface area (Å²) in [5, 5.41) is 0. The average Bonchev–Trinajstić information content (AvgIpc) is 3.06. The summed E-state index contributed by atoms with van der Waals surface area (Å²) in [5.41, 5.74) is 1.60. The molecule has 0 N–H and O–H groups in total. The topological polar surface area (TPSA) is 43.6 Å². The van der Waals surface area contributed by atoms with Crippen molar-refractivity contribution in [2.45, 2.75) is 13.5 Å². The highest BCUT2D eigenvalue weighted by atomic mass is 32.1. The molecule has 134 valence electrons. The summed E-state index contributed by atoms with van der Waals surface area (Å²) in [6, 6.07) is 24.7. The van der Waals surface area contributed by atoms with Gasteiger partial charge in [-0.2, -0.15) is 4.99 Å². The molecule has 0 fully saturated rings. The molecular formula is C22H18N2O2S. The molecule has 1 amide bonds. The van der Waals surface area contributed by atoms with E-state index < -0.39 is 0 Å². The SMILES string of the molecule is CCn1c(=NC(=O)c2cccc(Oc3ccccc3)c2)sc2ccccc21. The maximum Gasteiger partial charge on any atom is 0.279 e. The van der Waals surface area contributed by atoms with Gasteiger partial charge in [-0.05, 0) is 49.4 Å². The third kappa shape index (κ3) is 3.68. The Morgan fingerprint density at radius 2 is 1.70 bits per heavy atom. The zero-order chi connectivity index (χ0) is 18.6. The predicted molar refractivity (Wildman–Crippen MR) is 108 cm³/mol. The lowest BCUT2D eigenvalue weighted by Crippen LogP contribution is -2.15. The molecule has 3 aromatic carbocycles. The van der Waals surface area contributed by atoms with Crippen LogP contribution in [0.5, 0.6) is 11.5 Å². The van der Waals surface area contributed by atoms with Crippen molar-refractivity contribution in [3.8, 4) is 11.5 Å². The number of aromatic nitrogens is 1. The summed E-state index contributed by atoms with van der Waals surface area (Å²) in [6.45, 7) is 2.81. The zero-order valence-corrected chi connectivity index (χ0v) is 15.6. The van der Waals surface area contributed by atoms with Gasteiger partial charge in [0.25, 0.3) is 5.91 Å². The number of hydrogen-bond donors (Lipinski definition) is 0. The van der Waals surface area contributed by atoms with Crippen molar-refractivity contribution >= 4 is 27.5 Å². The fraction of sp³-hybridized carbons (Fsp3) is 0.0909. The monoisotopic (exact) mass is 374 g/mol. The first-order valence-electron chi connectivity index (χ1n) is 8.75. The average molecular weight is 374 g/mol. The van der Waals surface area contributed by atoms with Gasteiger partial charge in [-0.25, -0.2) is 0 Å². The van der Waals surface area contributed by atoms with Gasteiger partial charge in [0.05, 0.1) is 10.2 Å². The van der Waals surface area contributed by atoms with E-state index in [1.54, 1.807) is 18.2 Å². The van der Waals surface area contributed by atoms with Gasteiger partial charge in [0.1, 0.15) is 11.5 Å². The van der Waals surface area contributed by atoms with Gasteiger partial charge in [-0.15, -0.1) is 0 Å². The number of carbonyl (C=O) groups is 1. The molecule has 0 atom stereocenters. The Morgan fingerprint density at radius 1 is 0.963 bits per heavy atom. The number of thiazole rings is 1. The van der Waals surface area contributed by atoms with Crippen LogP contribution in [0.4, 0.5) is 0 Å². The van der Waals surface area contributed by atoms with E-state index in [1.165, 1.54) is 11.3 Å². The van der Waals surface area contributed by atoms with Crippen LogP contribution in [0.15, 0.2) is 83.9 Å². The van der Waals surface area contributed by atoms with E-state index in [2.05, 4.69) is 16.5 Å². The van der Waals surface area contributed by atoms with Crippen LogP contribution in [0, 0.1) is 0 Å². The van der Waals surface area contributed by atoms with Crippen LogP contribution in [0.2, 0.25) is 0 Å². The lowest BCUT2D eigenvalue weighted by Gasteiger charge is -2.06. The minimum atomic E-state index is -0.276. The standard InChI is InChI=1S/C22H18N2O2S/c1-2-24-19-13-6-7-14-20(19)27-22(24)23-21(25)16-9-8-12-18(15-16)26-17-10-4-3-5-11-17/h3-15H,2H2,1H3. The summed E-state index contributed by atoms with van der Waals surface area (Å²) in [5.74, 6) is 1.07. The molecule has 5 heteroatoms. The van der Waals surface area contributed by atoms with Crippen molar-refractivity contribution < 1.29 is 9.53 Å². The number of aryl methyl sites for hydroxylation is 1. The molecule has 0 aliphatic rings. The number of fused-ring (bicyclic) bond motifs is 1. The summed E-state index contributed by atoms with van der Waals surface area (Å²) >= 11 is 1.52. The molecule has 0 bridgehead atoms. The van der Waals surface area contributed by atoms with Crippen LogP contribution in [-0.2, 0) is 6.54 Å². The molecule has 0 aliphatic carbocycles. The summed E-state index contributed by atoms with van der Waals surface area (Å²) in [6.07, 6.45) is 0. The van der Waals surface area contributed by atoms with Gasteiger partial charge in [0.2, 0.25) is 0 Å². The van der Waals surface area contributed by atoms with Gasteiger partial charge in [-0.1, -0.05) is 47.7 Å². The predicted octanol–water partition coefficient (Wildman–Crippen LogP) is 5.26. The van der Waals surface area contributed by atoms with E-state index in [4.69, 9.17) is 4.74 Å². The Kier molecular flexibility index (Phi) is 4.85. The first-order chi connectivity index (χ1) is 13.2. The Labute approximate surface area is 161 Å². The quantitative estimate of drug-likeness (QED) is 0.489. The summed E-state index contributed by atoms with van der Waals surface area (Å²) in [4.78, 5) is 17.8. The van der Waals surface area contributed by atoms with E-state index >= 15 is 0 Å². The molecule has 0 unspecified atom stereocenters. The second-order valence-corrected chi connectivity index (χ2v) is 6.97. The minimum absolute atomic E-state index is 0.276. The number of ether oxygens (including phenoxy) is 1. The fourth-order valence-corrected chi connectivity index (χ4v) is 3.97. The largest absolute Gasteiger partial charge is 0.457 e. The molecule has 0 radical (unpaired) electrons. The van der Waals surface area contributed by atoms with Crippen molar-refractivity contribution in [2.24, 2.45) is 4.99 Å². The van der Waals surface area contributed by atoms with Crippen LogP contribution in [0.25, 0.3) is 10.2 Å². The van der Waals surface area contributed by atoms with E-state index in [0.29, 0.717) is 16.1 Å². The Balaban J connectivity index is 1.67. The maximum atomic E-state index is 12.7. The molecule has 1 heterocycles. The van der Waals surface area contributed by atoms with Crippen molar-refractivity contribution in [1.82, 2.24) is 4.57 Å². The molecular weight excluding hydrogens is 356 g/mol. The van der Waals surface area contributed by atoms with Gasteiger partial charge >= 0.3 is 0 Å². The molecule has 0 spiro atoms. The van der Waals surface area contributed by atoms with Gasteiger partial charge in [0, 0.05) is 12.1 Å². The van der Waals surface area contributed by atoms with E-state index in [9.17, 15) is 4.79 Å². The number of rotatable bonds is 4. The highest BCUT2D eigenvalue weighted by Crippen LogP contribution is 2.22. The van der Waals surface area contributed by atoms with E-state index in [1.807, 2.05) is 60.7 Å². The first-order valence-corrected chi connectivity index (χ1v) is 9.56. The third-order valence-corrected chi connectivity index (χ3v) is 5.22. The van der Waals surface area contributed by atoms with Crippen LogP contribution in [0.1, 0.15) is 17.3 Å². The summed E-state index contributed by atoms with van der Waals surface area (Å²) < 4.78 is 8.99. The number of hydrogen-bond acceptors (Lipinski definition) is 3. The highest BCUT2D eigenvalue weighted by molar-refractivity contribution is 7.16. The van der Waals surface area contributed by atoms with Crippen LogP contribution in [0.3, 0.4) is 0 Å². The molecule has 0 saturated carbocycles. The molecule has 4 nitrogen and oxygen atoms in total. The molecule has 1 aromatic heterocycles. The zero-order valence-electron chi connectivity index (χ0n) is 14.8. The Bertz CT molecular complexity index is 1160. The molecule has 4 aromatic rings. The normalized spacial score (nSPS) is 11.7. The van der Waals surface area contributed by atoms with Crippen molar-refractivity contribution in [2.75, 3.05) is 0 Å². The number of carbonyl (C=O) groups excluding carboxylic acids is 1. The Hall–Kier alpha value is -3.18. The third-order valence-electron chi connectivity index (χ3n) is 4.16. The molecule has 0 saturated heterocycles. The Morgan fingerprint density at radius 3 is 2.52 bits per heavy atom. The lowest BCUT2D eigenvalue weighted by atomic mass is 10.2. The smallest absolute Gasteiger partial charge is 0.279 e. The lowest BCUT2D eigenvalue weighted by molar-refractivity contribution is 0.0997.